The van der Waals surface area contributed by atoms with E-state index in [4.69, 9.17) is 4.74 Å². The molecule has 1 aliphatic heterocycles. The van der Waals surface area contributed by atoms with Crippen LogP contribution in [0, 0.1) is 6.92 Å². The van der Waals surface area contributed by atoms with Crippen molar-refractivity contribution in [3.05, 3.63) is 71.9 Å². The summed E-state index contributed by atoms with van der Waals surface area (Å²) in [6, 6.07) is 14.8. The third-order valence-corrected chi connectivity index (χ3v) is 6.03. The number of anilines is 2. The van der Waals surface area contributed by atoms with Gasteiger partial charge in [-0.25, -0.2) is 13.4 Å². The van der Waals surface area contributed by atoms with Gasteiger partial charge in [0.1, 0.15) is 5.75 Å². The molecule has 0 saturated heterocycles. The lowest BCUT2D eigenvalue weighted by atomic mass is 10.2. The highest BCUT2D eigenvalue weighted by molar-refractivity contribution is 7.92. The fraction of sp³-hybridized carbons (Fsp3) is 0.143. The number of hydrogen-bond acceptors (Lipinski definition) is 5. The molecule has 0 fully saturated rings. The number of benzene rings is 2. The first-order chi connectivity index (χ1) is 13.9. The lowest BCUT2D eigenvalue weighted by Crippen LogP contribution is -2.30. The number of carbonyl (C=O) groups excluding carboxylic acids is 1. The van der Waals surface area contributed by atoms with Crippen molar-refractivity contribution in [1.82, 2.24) is 4.98 Å². The Bertz CT molecular complexity index is 1210. The van der Waals surface area contributed by atoms with Crippen molar-refractivity contribution in [1.29, 1.82) is 0 Å². The molecule has 8 heteroatoms. The third kappa shape index (κ3) is 3.42. The summed E-state index contributed by atoms with van der Waals surface area (Å²) in [7, 11) is -3.89. The fourth-order valence-corrected chi connectivity index (χ4v) is 4.30. The molecule has 4 rings (SSSR count). The van der Waals surface area contributed by atoms with Gasteiger partial charge in [0.2, 0.25) is 0 Å². The van der Waals surface area contributed by atoms with Crippen molar-refractivity contribution in [2.45, 2.75) is 18.7 Å². The summed E-state index contributed by atoms with van der Waals surface area (Å²) in [5.74, 6) is 0.761. The Morgan fingerprint density at radius 3 is 2.62 bits per heavy atom. The minimum Gasteiger partial charge on any atom is -0.453 e. The molecule has 2 aromatic carbocycles. The number of nitrogens with one attached hydrogen (secondary N) is 1. The summed E-state index contributed by atoms with van der Waals surface area (Å²) >= 11 is 0. The Balaban J connectivity index is 1.77. The van der Waals surface area contributed by atoms with Gasteiger partial charge in [-0.15, -0.1) is 0 Å². The lowest BCUT2D eigenvalue weighted by Gasteiger charge is -2.18. The highest BCUT2D eigenvalue weighted by Gasteiger charge is 2.30. The Morgan fingerprint density at radius 1 is 1.07 bits per heavy atom. The standard InChI is InChI=1S/C21H19N3O4S/c1-3-24-20-19(9-6-12-22-20)28-18-11-10-15(13-16(18)21(24)25)29(26,27)23-17-8-5-4-7-14(17)2/h4-13,23H,3H2,1-2H3. The second-order valence-corrected chi connectivity index (χ2v) is 8.24. The monoisotopic (exact) mass is 409 g/mol. The molecule has 0 unspecified atom stereocenters. The average Bonchev–Trinajstić information content (AvgIpc) is 2.83. The lowest BCUT2D eigenvalue weighted by molar-refractivity contribution is 0.0987. The van der Waals surface area contributed by atoms with Crippen LogP contribution in [0.5, 0.6) is 11.5 Å². The second-order valence-electron chi connectivity index (χ2n) is 6.56. The first-order valence-corrected chi connectivity index (χ1v) is 10.6. The number of aryl methyl sites for hydroxylation is 1. The molecule has 29 heavy (non-hydrogen) atoms. The number of aromatic nitrogens is 1. The predicted octanol–water partition coefficient (Wildman–Crippen LogP) is 3.96. The number of para-hydroxylation sites is 1. The summed E-state index contributed by atoms with van der Waals surface area (Å²) in [6.45, 7) is 4.00. The molecule has 0 radical (unpaired) electrons. The van der Waals surface area contributed by atoms with E-state index in [1.807, 2.05) is 26.0 Å². The molecule has 3 aromatic rings. The summed E-state index contributed by atoms with van der Waals surface area (Å²) in [4.78, 5) is 18.8. The van der Waals surface area contributed by atoms with Gasteiger partial charge in [0.25, 0.3) is 15.9 Å². The van der Waals surface area contributed by atoms with Gasteiger partial charge >= 0.3 is 0 Å². The van der Waals surface area contributed by atoms with Crippen LogP contribution < -0.4 is 14.4 Å². The van der Waals surface area contributed by atoms with Crippen molar-refractivity contribution >= 4 is 27.4 Å². The highest BCUT2D eigenvalue weighted by Crippen LogP contribution is 2.38. The van der Waals surface area contributed by atoms with E-state index in [1.165, 1.54) is 23.1 Å². The van der Waals surface area contributed by atoms with Gasteiger partial charge in [-0.1, -0.05) is 18.2 Å². The van der Waals surface area contributed by atoms with Gasteiger partial charge in [0, 0.05) is 12.7 Å². The van der Waals surface area contributed by atoms with Crippen LogP contribution in [0.25, 0.3) is 0 Å². The number of sulfonamides is 1. The number of nitrogens with zero attached hydrogens (tertiary/aromatic N) is 2. The van der Waals surface area contributed by atoms with E-state index in [-0.39, 0.29) is 22.1 Å². The minimum absolute atomic E-state index is 0.0218. The first-order valence-electron chi connectivity index (χ1n) is 9.08. The van der Waals surface area contributed by atoms with Crippen LogP contribution in [0.15, 0.2) is 65.7 Å². The first kappa shape index (κ1) is 18.9. The van der Waals surface area contributed by atoms with Gasteiger partial charge < -0.3 is 4.74 Å². The molecule has 7 nitrogen and oxygen atoms in total. The molecular formula is C21H19N3O4S. The number of hydrogen-bond donors (Lipinski definition) is 1. The topological polar surface area (TPSA) is 88.6 Å². The molecule has 2 heterocycles. The molecule has 0 spiro atoms. The smallest absolute Gasteiger partial charge is 0.263 e. The van der Waals surface area contributed by atoms with Crippen molar-refractivity contribution in [3.8, 4) is 11.5 Å². The van der Waals surface area contributed by atoms with Crippen molar-refractivity contribution in [2.24, 2.45) is 0 Å². The maximum atomic E-state index is 13.1. The van der Waals surface area contributed by atoms with E-state index >= 15 is 0 Å². The van der Waals surface area contributed by atoms with E-state index in [0.717, 1.165) is 5.56 Å². The number of amides is 1. The average molecular weight is 409 g/mol. The van der Waals surface area contributed by atoms with Crippen molar-refractivity contribution in [2.75, 3.05) is 16.2 Å². The molecule has 0 aliphatic carbocycles. The number of ether oxygens (including phenoxy) is 1. The Kier molecular flexibility index (Phi) is 4.71. The van der Waals surface area contributed by atoms with Gasteiger partial charge in [0.15, 0.2) is 11.6 Å². The minimum atomic E-state index is -3.89. The van der Waals surface area contributed by atoms with Crippen LogP contribution >= 0.6 is 0 Å². The molecule has 1 N–H and O–H groups in total. The number of pyridine rings is 1. The molecule has 1 amide bonds. The molecule has 148 valence electrons. The predicted molar refractivity (Wildman–Crippen MR) is 110 cm³/mol. The van der Waals surface area contributed by atoms with E-state index in [1.54, 1.807) is 30.5 Å². The molecule has 0 atom stereocenters. The van der Waals surface area contributed by atoms with Gasteiger partial charge in [-0.3, -0.25) is 14.4 Å². The largest absolute Gasteiger partial charge is 0.453 e. The Morgan fingerprint density at radius 2 is 1.86 bits per heavy atom. The fourth-order valence-electron chi connectivity index (χ4n) is 3.14. The maximum Gasteiger partial charge on any atom is 0.263 e. The highest BCUT2D eigenvalue weighted by atomic mass is 32.2. The number of rotatable bonds is 4. The summed E-state index contributed by atoms with van der Waals surface area (Å²) < 4.78 is 34.3. The van der Waals surface area contributed by atoms with E-state index in [0.29, 0.717) is 23.8 Å². The third-order valence-electron chi connectivity index (χ3n) is 4.67. The molecule has 0 bridgehead atoms. The quantitative estimate of drug-likeness (QED) is 0.705. The van der Waals surface area contributed by atoms with Gasteiger partial charge in [-0.05, 0) is 55.8 Å². The van der Waals surface area contributed by atoms with Crippen molar-refractivity contribution in [3.63, 3.8) is 0 Å². The van der Waals surface area contributed by atoms with E-state index < -0.39 is 10.0 Å². The van der Waals surface area contributed by atoms with Crippen LogP contribution in [0.4, 0.5) is 11.5 Å². The number of fused-ring (bicyclic) bond motifs is 2. The second kappa shape index (κ2) is 7.21. The van der Waals surface area contributed by atoms with Crippen LogP contribution in [-0.2, 0) is 10.0 Å². The molecule has 1 aliphatic rings. The van der Waals surface area contributed by atoms with Crippen LogP contribution in [0.1, 0.15) is 22.8 Å². The molecular weight excluding hydrogens is 390 g/mol. The zero-order valence-corrected chi connectivity index (χ0v) is 16.7. The Hall–Kier alpha value is -3.39. The van der Waals surface area contributed by atoms with Crippen molar-refractivity contribution < 1.29 is 17.9 Å². The summed E-state index contributed by atoms with van der Waals surface area (Å²) in [5.41, 5.74) is 1.44. The van der Waals surface area contributed by atoms with E-state index in [2.05, 4.69) is 9.71 Å². The van der Waals surface area contributed by atoms with Crippen LogP contribution in [-0.4, -0.2) is 25.9 Å². The SMILES string of the molecule is CCN1C(=O)c2cc(S(=O)(=O)Nc3ccccc3C)ccc2Oc2cccnc21. The maximum absolute atomic E-state index is 13.1. The van der Waals surface area contributed by atoms with Gasteiger partial charge in [0.05, 0.1) is 16.1 Å². The van der Waals surface area contributed by atoms with Crippen LogP contribution in [0.2, 0.25) is 0 Å². The van der Waals surface area contributed by atoms with Crippen LogP contribution in [0.3, 0.4) is 0 Å². The Labute approximate surface area is 169 Å². The van der Waals surface area contributed by atoms with Gasteiger partial charge in [-0.2, -0.15) is 0 Å². The number of carbonyl (C=O) groups is 1. The summed E-state index contributed by atoms with van der Waals surface area (Å²) in [6.07, 6.45) is 1.58. The zero-order chi connectivity index (χ0) is 20.6. The molecule has 1 aromatic heterocycles. The normalized spacial score (nSPS) is 13.2. The van der Waals surface area contributed by atoms with E-state index in [9.17, 15) is 13.2 Å². The summed E-state index contributed by atoms with van der Waals surface area (Å²) in [5, 5.41) is 0. The zero-order valence-electron chi connectivity index (χ0n) is 15.9. The molecule has 0 saturated carbocycles.